The van der Waals surface area contributed by atoms with Crippen LogP contribution in [0.25, 0.3) is 11.0 Å². The Labute approximate surface area is 149 Å². The summed E-state index contributed by atoms with van der Waals surface area (Å²) in [6.45, 7) is 7.04. The van der Waals surface area contributed by atoms with Crippen molar-refractivity contribution in [2.45, 2.75) is 45.3 Å². The highest BCUT2D eigenvalue weighted by Gasteiger charge is 2.28. The molecule has 0 saturated carbocycles. The highest BCUT2D eigenvalue weighted by molar-refractivity contribution is 14.1. The number of hydrogen-bond donors (Lipinski definition) is 0. The Morgan fingerprint density at radius 3 is 2.65 bits per heavy atom. The maximum absolute atomic E-state index is 12.1. The number of hydrogen-bond acceptors (Lipinski definition) is 4. The number of carbonyl (C=O) groups is 1. The van der Waals surface area contributed by atoms with Gasteiger partial charge in [-0.1, -0.05) is 5.21 Å². The van der Waals surface area contributed by atoms with E-state index in [0.29, 0.717) is 13.1 Å². The van der Waals surface area contributed by atoms with Crippen LogP contribution in [0.3, 0.4) is 0 Å². The monoisotopic (exact) mass is 428 g/mol. The SMILES string of the molecule is CC(C)(C)OC(=O)N1CCC(n2nnc3ccc(I)cc32)CC1. The van der Waals surface area contributed by atoms with Crippen molar-refractivity contribution in [2.75, 3.05) is 13.1 Å². The van der Waals surface area contributed by atoms with Crippen molar-refractivity contribution >= 4 is 39.7 Å². The van der Waals surface area contributed by atoms with Crippen molar-refractivity contribution in [3.8, 4) is 0 Å². The van der Waals surface area contributed by atoms with E-state index < -0.39 is 5.60 Å². The fourth-order valence-electron chi connectivity index (χ4n) is 2.80. The average molecular weight is 428 g/mol. The molecule has 0 spiro atoms. The molecule has 0 atom stereocenters. The van der Waals surface area contributed by atoms with E-state index in [9.17, 15) is 4.79 Å². The highest BCUT2D eigenvalue weighted by atomic mass is 127. The Hall–Kier alpha value is -1.38. The van der Waals surface area contributed by atoms with E-state index in [1.807, 2.05) is 37.6 Å². The second-order valence-corrected chi connectivity index (χ2v) is 8.11. The number of piperidine rings is 1. The van der Waals surface area contributed by atoms with Crippen LogP contribution in [0.1, 0.15) is 39.7 Å². The Bertz CT molecular complexity index is 714. The van der Waals surface area contributed by atoms with Crippen molar-refractivity contribution in [1.82, 2.24) is 19.9 Å². The summed E-state index contributed by atoms with van der Waals surface area (Å²) in [5.74, 6) is 0. The van der Waals surface area contributed by atoms with E-state index in [0.717, 1.165) is 23.9 Å². The van der Waals surface area contributed by atoms with E-state index in [-0.39, 0.29) is 12.1 Å². The Balaban J connectivity index is 1.69. The van der Waals surface area contributed by atoms with Crippen molar-refractivity contribution in [3.05, 3.63) is 21.8 Å². The van der Waals surface area contributed by atoms with Gasteiger partial charge in [-0.05, 0) is 74.4 Å². The van der Waals surface area contributed by atoms with E-state index in [4.69, 9.17) is 4.74 Å². The van der Waals surface area contributed by atoms with Gasteiger partial charge in [-0.3, -0.25) is 0 Å². The van der Waals surface area contributed by atoms with Crippen LogP contribution >= 0.6 is 22.6 Å². The fourth-order valence-corrected chi connectivity index (χ4v) is 3.27. The quantitative estimate of drug-likeness (QED) is 0.652. The van der Waals surface area contributed by atoms with Crippen LogP contribution in [0.4, 0.5) is 4.79 Å². The maximum atomic E-state index is 12.1. The van der Waals surface area contributed by atoms with Gasteiger partial charge in [0, 0.05) is 16.7 Å². The lowest BCUT2D eigenvalue weighted by Crippen LogP contribution is -2.42. The minimum absolute atomic E-state index is 0.228. The number of amides is 1. The van der Waals surface area contributed by atoms with E-state index in [2.05, 4.69) is 39.0 Å². The molecule has 1 amide bonds. The number of nitrogens with zero attached hydrogens (tertiary/aromatic N) is 4. The predicted molar refractivity (Wildman–Crippen MR) is 96.3 cm³/mol. The van der Waals surface area contributed by atoms with Crippen LogP contribution < -0.4 is 0 Å². The molecule has 1 aliphatic rings. The smallest absolute Gasteiger partial charge is 0.410 e. The summed E-state index contributed by atoms with van der Waals surface area (Å²) in [5.41, 5.74) is 1.53. The van der Waals surface area contributed by atoms with Crippen molar-refractivity contribution in [3.63, 3.8) is 0 Å². The van der Waals surface area contributed by atoms with Gasteiger partial charge in [0.05, 0.1) is 11.6 Å². The van der Waals surface area contributed by atoms with Gasteiger partial charge in [0.2, 0.25) is 0 Å². The first-order valence-corrected chi connectivity index (χ1v) is 8.90. The zero-order valence-electron chi connectivity index (χ0n) is 13.6. The third kappa shape index (κ3) is 3.76. The molecule has 0 aliphatic carbocycles. The molecule has 6 nitrogen and oxygen atoms in total. The van der Waals surface area contributed by atoms with Gasteiger partial charge in [-0.2, -0.15) is 0 Å². The Kier molecular flexibility index (Phi) is 4.48. The molecule has 1 saturated heterocycles. The molecule has 0 radical (unpaired) electrons. The molecule has 2 heterocycles. The zero-order valence-corrected chi connectivity index (χ0v) is 15.8. The molecule has 124 valence electrons. The Morgan fingerprint density at radius 2 is 2.00 bits per heavy atom. The third-order valence-electron chi connectivity index (χ3n) is 3.90. The number of likely N-dealkylation sites (tertiary alicyclic amines) is 1. The summed E-state index contributed by atoms with van der Waals surface area (Å²) in [5, 5.41) is 8.56. The summed E-state index contributed by atoms with van der Waals surface area (Å²) in [6, 6.07) is 6.41. The molecule has 0 bridgehead atoms. The molecule has 0 unspecified atom stereocenters. The largest absolute Gasteiger partial charge is 0.444 e. The van der Waals surface area contributed by atoms with E-state index in [1.165, 1.54) is 3.57 Å². The zero-order chi connectivity index (χ0) is 16.6. The topological polar surface area (TPSA) is 60.2 Å². The standard InChI is InChI=1S/C16H21IN4O2/c1-16(2,3)23-15(22)20-8-6-12(7-9-20)21-14-10-11(17)4-5-13(14)18-19-21/h4-5,10,12H,6-9H2,1-3H3. The second-order valence-electron chi connectivity index (χ2n) is 6.87. The van der Waals surface area contributed by atoms with Crippen LogP contribution in [0.15, 0.2) is 18.2 Å². The number of benzene rings is 1. The third-order valence-corrected chi connectivity index (χ3v) is 4.57. The summed E-state index contributed by atoms with van der Waals surface area (Å²) >= 11 is 2.30. The molecule has 1 aromatic heterocycles. The molecular weight excluding hydrogens is 407 g/mol. The lowest BCUT2D eigenvalue weighted by molar-refractivity contribution is 0.0185. The van der Waals surface area contributed by atoms with Gasteiger partial charge in [0.15, 0.2) is 0 Å². The first-order chi connectivity index (χ1) is 10.8. The van der Waals surface area contributed by atoms with E-state index in [1.54, 1.807) is 4.90 Å². The molecule has 1 fully saturated rings. The van der Waals surface area contributed by atoms with Crippen molar-refractivity contribution in [2.24, 2.45) is 0 Å². The summed E-state index contributed by atoms with van der Waals surface area (Å²) in [6.07, 6.45) is 1.50. The van der Waals surface area contributed by atoms with Crippen LogP contribution in [-0.2, 0) is 4.74 Å². The number of rotatable bonds is 1. The van der Waals surface area contributed by atoms with Gasteiger partial charge in [0.1, 0.15) is 11.1 Å². The molecule has 3 rings (SSSR count). The first-order valence-electron chi connectivity index (χ1n) is 7.82. The average Bonchev–Trinajstić information content (AvgIpc) is 2.88. The molecule has 1 aliphatic heterocycles. The second kappa shape index (κ2) is 6.26. The summed E-state index contributed by atoms with van der Waals surface area (Å²) < 4.78 is 8.62. The lowest BCUT2D eigenvalue weighted by Gasteiger charge is -2.33. The van der Waals surface area contributed by atoms with Gasteiger partial charge < -0.3 is 9.64 Å². The predicted octanol–water partition coefficient (Wildman–Crippen LogP) is 3.61. The number of ether oxygens (including phenoxy) is 1. The van der Waals surface area contributed by atoms with E-state index >= 15 is 0 Å². The van der Waals surface area contributed by atoms with Gasteiger partial charge in [-0.15, -0.1) is 5.10 Å². The van der Waals surface area contributed by atoms with Crippen LogP contribution in [0.2, 0.25) is 0 Å². The number of halogens is 1. The minimum atomic E-state index is -0.452. The Morgan fingerprint density at radius 1 is 1.30 bits per heavy atom. The number of aromatic nitrogens is 3. The normalized spacial score (nSPS) is 16.8. The van der Waals surface area contributed by atoms with Gasteiger partial charge in [0.25, 0.3) is 0 Å². The summed E-state index contributed by atoms with van der Waals surface area (Å²) in [7, 11) is 0. The molecular formula is C16H21IN4O2. The molecule has 0 N–H and O–H groups in total. The maximum Gasteiger partial charge on any atom is 0.410 e. The molecule has 2 aromatic rings. The van der Waals surface area contributed by atoms with Crippen molar-refractivity contribution in [1.29, 1.82) is 0 Å². The number of fused-ring (bicyclic) bond motifs is 1. The molecule has 7 heteroatoms. The van der Waals surface area contributed by atoms with Crippen LogP contribution in [0, 0.1) is 3.57 Å². The lowest BCUT2D eigenvalue weighted by atomic mass is 10.1. The minimum Gasteiger partial charge on any atom is -0.444 e. The fraction of sp³-hybridized carbons (Fsp3) is 0.562. The van der Waals surface area contributed by atoms with Crippen LogP contribution in [-0.4, -0.2) is 44.7 Å². The van der Waals surface area contributed by atoms with Crippen molar-refractivity contribution < 1.29 is 9.53 Å². The molecule has 23 heavy (non-hydrogen) atoms. The van der Waals surface area contributed by atoms with Gasteiger partial charge >= 0.3 is 6.09 Å². The van der Waals surface area contributed by atoms with Gasteiger partial charge in [-0.25, -0.2) is 9.48 Å². The molecule has 1 aromatic carbocycles. The van der Waals surface area contributed by atoms with Crippen LogP contribution in [0.5, 0.6) is 0 Å². The first kappa shape index (κ1) is 16.5. The highest BCUT2D eigenvalue weighted by Crippen LogP contribution is 2.27. The number of carbonyl (C=O) groups excluding carboxylic acids is 1. The summed E-state index contributed by atoms with van der Waals surface area (Å²) in [4.78, 5) is 13.9.